The number of aryl methyl sites for hydroxylation is 2. The van der Waals surface area contributed by atoms with Crippen LogP contribution in [-0.4, -0.2) is 64.4 Å². The van der Waals surface area contributed by atoms with Gasteiger partial charge in [-0.1, -0.05) is 52.7 Å². The van der Waals surface area contributed by atoms with Gasteiger partial charge in [-0.05, 0) is 50.2 Å². The number of aromatic nitrogens is 3. The number of carbonyl (C=O) groups excluding carboxylic acids is 3. The predicted molar refractivity (Wildman–Crippen MR) is 154 cm³/mol. The lowest BCUT2D eigenvalue weighted by atomic mass is 10.1. The minimum Gasteiger partial charge on any atom is -0.459 e. The number of rotatable bonds is 8. The van der Waals surface area contributed by atoms with Crippen molar-refractivity contribution >= 4 is 27.9 Å². The van der Waals surface area contributed by atoms with E-state index in [1.807, 2.05) is 13.8 Å². The molecule has 1 amide bonds. The summed E-state index contributed by atoms with van der Waals surface area (Å²) in [6.07, 6.45) is -0.790. The number of amides is 1. The molecule has 12 nitrogen and oxygen atoms in total. The first-order valence-electron chi connectivity index (χ1n) is 13.8. The Hall–Kier alpha value is -4.88. The normalized spacial score (nSPS) is 20.4. The first-order valence-corrected chi connectivity index (χ1v) is 15.3. The highest BCUT2D eigenvalue weighted by Crippen LogP contribution is 2.33. The van der Waals surface area contributed by atoms with E-state index < -0.39 is 46.3 Å². The Morgan fingerprint density at radius 3 is 2.23 bits per heavy atom. The van der Waals surface area contributed by atoms with Gasteiger partial charge in [0.2, 0.25) is 0 Å². The van der Waals surface area contributed by atoms with E-state index in [1.165, 1.54) is 23.0 Å². The number of esters is 2. The van der Waals surface area contributed by atoms with Crippen LogP contribution in [0.4, 0.5) is 0 Å². The standard InChI is InChI=1S/C31H28N4O8S/c1-19-7-11-21(12-8-19)30(37)41-18-26-25(43-31(38)22-13-9-20(2)10-14-22)15-28(42-26)34-16-23(32-33-34)17-35-29(36)24-5-3-4-6-27(24)44(35,39)40/h3-14,16,25-26,28H,15,17-18H2,1-2H3/t25-,26+,28-/m0/s1. The number of ether oxygens (including phenoxy) is 3. The molecule has 2 aliphatic rings. The maximum atomic E-state index is 13.0. The van der Waals surface area contributed by atoms with Crippen LogP contribution in [0, 0.1) is 13.8 Å². The lowest BCUT2D eigenvalue weighted by Crippen LogP contribution is -2.32. The highest BCUT2D eigenvalue weighted by molar-refractivity contribution is 7.90. The molecule has 0 radical (unpaired) electrons. The van der Waals surface area contributed by atoms with Crippen LogP contribution in [0.5, 0.6) is 0 Å². The summed E-state index contributed by atoms with van der Waals surface area (Å²) in [6, 6.07) is 19.8. The second kappa shape index (κ2) is 11.7. The zero-order valence-electron chi connectivity index (χ0n) is 23.8. The van der Waals surface area contributed by atoms with Gasteiger partial charge in [0.1, 0.15) is 29.4 Å². The number of hydrogen-bond acceptors (Lipinski definition) is 10. The molecule has 3 heterocycles. The van der Waals surface area contributed by atoms with E-state index in [2.05, 4.69) is 10.3 Å². The average Bonchev–Trinajstić information content (AvgIpc) is 3.70. The van der Waals surface area contributed by atoms with Crippen molar-refractivity contribution in [2.75, 3.05) is 6.61 Å². The smallest absolute Gasteiger partial charge is 0.338 e. The molecule has 226 valence electrons. The van der Waals surface area contributed by atoms with Crippen molar-refractivity contribution < 1.29 is 37.0 Å². The molecule has 0 aliphatic carbocycles. The Morgan fingerprint density at radius 1 is 0.932 bits per heavy atom. The van der Waals surface area contributed by atoms with E-state index >= 15 is 0 Å². The Kier molecular flexibility index (Phi) is 7.74. The monoisotopic (exact) mass is 616 g/mol. The first-order chi connectivity index (χ1) is 21.1. The molecule has 1 aromatic heterocycles. The maximum absolute atomic E-state index is 13.0. The molecule has 2 aliphatic heterocycles. The van der Waals surface area contributed by atoms with Gasteiger partial charge in [0.25, 0.3) is 15.9 Å². The molecular formula is C31H28N4O8S. The highest BCUT2D eigenvalue weighted by Gasteiger charge is 2.43. The summed E-state index contributed by atoms with van der Waals surface area (Å²) in [5.41, 5.74) is 3.01. The van der Waals surface area contributed by atoms with Crippen molar-refractivity contribution in [2.24, 2.45) is 0 Å². The number of benzene rings is 3. The summed E-state index contributed by atoms with van der Waals surface area (Å²) in [5.74, 6) is -1.77. The SMILES string of the molecule is Cc1ccc(C(=O)OC[C@H]2O[C@H](n3cc(CN4C(=O)c5ccccc5S4(=O)=O)nn3)C[C@@H]2OC(=O)c2ccc(C)cc2)cc1. The largest absolute Gasteiger partial charge is 0.459 e. The molecule has 1 saturated heterocycles. The van der Waals surface area contributed by atoms with Crippen molar-refractivity contribution in [2.45, 2.75) is 50.1 Å². The maximum Gasteiger partial charge on any atom is 0.338 e. The average molecular weight is 617 g/mol. The second-order valence-electron chi connectivity index (χ2n) is 10.6. The molecule has 0 bridgehead atoms. The van der Waals surface area contributed by atoms with Crippen LogP contribution in [0.3, 0.4) is 0 Å². The fourth-order valence-electron chi connectivity index (χ4n) is 5.02. The molecule has 44 heavy (non-hydrogen) atoms. The van der Waals surface area contributed by atoms with Gasteiger partial charge in [0.05, 0.1) is 29.4 Å². The van der Waals surface area contributed by atoms with E-state index in [-0.39, 0.29) is 35.7 Å². The topological polar surface area (TPSA) is 147 Å². The number of fused-ring (bicyclic) bond motifs is 1. The molecule has 4 aromatic rings. The summed E-state index contributed by atoms with van der Waals surface area (Å²) in [7, 11) is -4.04. The van der Waals surface area contributed by atoms with Crippen molar-refractivity contribution in [3.05, 3.63) is 113 Å². The van der Waals surface area contributed by atoms with Crippen molar-refractivity contribution in [1.82, 2.24) is 19.3 Å². The predicted octanol–water partition coefficient (Wildman–Crippen LogP) is 3.61. The molecular weight excluding hydrogens is 588 g/mol. The van der Waals surface area contributed by atoms with Crippen LogP contribution in [-0.2, 0) is 30.8 Å². The molecule has 1 fully saturated rings. The Balaban J connectivity index is 1.17. The van der Waals surface area contributed by atoms with Crippen LogP contribution in [0.15, 0.2) is 83.9 Å². The number of sulfonamides is 1. The number of hydrogen-bond donors (Lipinski definition) is 0. The van der Waals surface area contributed by atoms with Crippen LogP contribution in [0.1, 0.15) is 60.5 Å². The third kappa shape index (κ3) is 5.71. The van der Waals surface area contributed by atoms with Gasteiger partial charge in [-0.25, -0.2) is 27.0 Å². The fraction of sp³-hybridized carbons (Fsp3) is 0.258. The Morgan fingerprint density at radius 2 is 1.57 bits per heavy atom. The molecule has 0 N–H and O–H groups in total. The fourth-order valence-corrected chi connectivity index (χ4v) is 6.56. The van der Waals surface area contributed by atoms with Gasteiger partial charge < -0.3 is 14.2 Å². The van der Waals surface area contributed by atoms with Gasteiger partial charge in [-0.15, -0.1) is 5.10 Å². The van der Waals surface area contributed by atoms with Crippen LogP contribution >= 0.6 is 0 Å². The third-order valence-electron chi connectivity index (χ3n) is 7.46. The lowest BCUT2D eigenvalue weighted by Gasteiger charge is -2.19. The van der Waals surface area contributed by atoms with Crippen molar-refractivity contribution in [3.63, 3.8) is 0 Å². The quantitative estimate of drug-likeness (QED) is 0.269. The molecule has 3 atom stereocenters. The zero-order valence-corrected chi connectivity index (χ0v) is 24.6. The summed E-state index contributed by atoms with van der Waals surface area (Å²) in [4.78, 5) is 38.4. The number of carbonyl (C=O) groups is 3. The summed E-state index contributed by atoms with van der Waals surface area (Å²) < 4.78 is 45.5. The second-order valence-corrected chi connectivity index (χ2v) is 12.5. The molecule has 6 rings (SSSR count). The summed E-state index contributed by atoms with van der Waals surface area (Å²) in [6.45, 7) is 3.29. The van der Waals surface area contributed by atoms with E-state index in [1.54, 1.807) is 60.7 Å². The van der Waals surface area contributed by atoms with Gasteiger partial charge in [-0.3, -0.25) is 4.79 Å². The van der Waals surface area contributed by atoms with E-state index in [0.29, 0.717) is 11.1 Å². The minimum atomic E-state index is -4.04. The molecule has 0 saturated carbocycles. The summed E-state index contributed by atoms with van der Waals surface area (Å²) >= 11 is 0. The number of nitrogens with zero attached hydrogens (tertiary/aromatic N) is 4. The molecule has 0 unspecified atom stereocenters. The van der Waals surface area contributed by atoms with Crippen LogP contribution < -0.4 is 0 Å². The van der Waals surface area contributed by atoms with E-state index in [4.69, 9.17) is 14.2 Å². The summed E-state index contributed by atoms with van der Waals surface area (Å²) in [5, 5.41) is 8.15. The Bertz CT molecular complexity index is 1840. The van der Waals surface area contributed by atoms with Crippen LogP contribution in [0.2, 0.25) is 0 Å². The zero-order chi connectivity index (χ0) is 31.0. The van der Waals surface area contributed by atoms with Gasteiger partial charge >= 0.3 is 11.9 Å². The van der Waals surface area contributed by atoms with Crippen LogP contribution in [0.25, 0.3) is 0 Å². The molecule has 0 spiro atoms. The van der Waals surface area contributed by atoms with Crippen molar-refractivity contribution in [3.8, 4) is 0 Å². The van der Waals surface area contributed by atoms with Gasteiger partial charge in [-0.2, -0.15) is 0 Å². The first kappa shape index (κ1) is 29.2. The van der Waals surface area contributed by atoms with Gasteiger partial charge in [0, 0.05) is 6.42 Å². The Labute approximate surface area is 253 Å². The van der Waals surface area contributed by atoms with E-state index in [9.17, 15) is 22.8 Å². The highest BCUT2D eigenvalue weighted by atomic mass is 32.2. The van der Waals surface area contributed by atoms with Crippen molar-refractivity contribution in [1.29, 1.82) is 0 Å². The van der Waals surface area contributed by atoms with E-state index in [0.717, 1.165) is 15.4 Å². The molecule has 3 aromatic carbocycles. The lowest BCUT2D eigenvalue weighted by molar-refractivity contribution is -0.0604. The minimum absolute atomic E-state index is 0.0576. The van der Waals surface area contributed by atoms with Gasteiger partial charge in [0.15, 0.2) is 6.23 Å². The third-order valence-corrected chi connectivity index (χ3v) is 9.25. The molecule has 13 heteroatoms.